The molecule has 0 aromatic heterocycles. The van der Waals surface area contributed by atoms with Gasteiger partial charge in [-0.2, -0.15) is 0 Å². The van der Waals surface area contributed by atoms with Gasteiger partial charge in [-0.05, 0) is 47.8 Å². The van der Waals surface area contributed by atoms with E-state index < -0.39 is 6.10 Å². The average Bonchev–Trinajstić information content (AvgIpc) is 2.34. The predicted molar refractivity (Wildman–Crippen MR) is 83.2 cm³/mol. The molecule has 0 radical (unpaired) electrons. The first kappa shape index (κ1) is 15.4. The first-order chi connectivity index (χ1) is 9.20. The Hall–Kier alpha value is -1.02. The first-order valence-corrected chi connectivity index (χ1v) is 7.65. The van der Waals surface area contributed by atoms with Crippen LogP contribution in [0.5, 0.6) is 5.75 Å². The van der Waals surface area contributed by atoms with E-state index in [4.69, 9.17) is 4.74 Å². The fourth-order valence-electron chi connectivity index (χ4n) is 2.90. The summed E-state index contributed by atoms with van der Waals surface area (Å²) in [5, 5.41) is 10.5. The minimum atomic E-state index is -0.394. The van der Waals surface area contributed by atoms with E-state index in [1.54, 1.807) is 0 Å². The zero-order valence-corrected chi connectivity index (χ0v) is 13.4. The van der Waals surface area contributed by atoms with Crippen molar-refractivity contribution in [2.24, 2.45) is 5.41 Å². The van der Waals surface area contributed by atoms with Crippen LogP contribution in [0.4, 0.5) is 0 Å². The smallest absolute Gasteiger partial charge is 0.125 e. The zero-order valence-electron chi connectivity index (χ0n) is 13.4. The lowest BCUT2D eigenvalue weighted by Gasteiger charge is -2.40. The number of rotatable bonds is 2. The summed E-state index contributed by atoms with van der Waals surface area (Å²) in [6, 6.07) is 8.27. The highest BCUT2D eigenvalue weighted by atomic mass is 16.5. The van der Waals surface area contributed by atoms with Gasteiger partial charge in [-0.15, -0.1) is 0 Å². The lowest BCUT2D eigenvalue weighted by Crippen LogP contribution is -2.46. The molecule has 0 saturated heterocycles. The van der Waals surface area contributed by atoms with Gasteiger partial charge in [-0.25, -0.2) is 0 Å². The van der Waals surface area contributed by atoms with Gasteiger partial charge in [-0.1, -0.05) is 46.8 Å². The number of hydrogen-bond donors (Lipinski definition) is 1. The van der Waals surface area contributed by atoms with Crippen LogP contribution in [0.3, 0.4) is 0 Å². The second-order valence-electron chi connectivity index (χ2n) is 7.76. The minimum Gasteiger partial charge on any atom is -0.488 e. The highest BCUT2D eigenvalue weighted by Crippen LogP contribution is 2.37. The van der Waals surface area contributed by atoms with E-state index in [-0.39, 0.29) is 16.9 Å². The quantitative estimate of drug-likeness (QED) is 0.872. The minimum absolute atomic E-state index is 0.0510. The SMILES string of the molecule is CC(C)(C)c1cccc(OC2CCCC(C)(C)C2O)c1. The molecule has 1 fully saturated rings. The number of hydrogen-bond acceptors (Lipinski definition) is 2. The summed E-state index contributed by atoms with van der Waals surface area (Å²) in [6.45, 7) is 10.8. The average molecular weight is 276 g/mol. The third-order valence-electron chi connectivity index (χ3n) is 4.45. The van der Waals surface area contributed by atoms with Crippen molar-refractivity contribution in [3.8, 4) is 5.75 Å². The lowest BCUT2D eigenvalue weighted by atomic mass is 9.73. The van der Waals surface area contributed by atoms with Crippen LogP contribution < -0.4 is 4.74 Å². The monoisotopic (exact) mass is 276 g/mol. The van der Waals surface area contributed by atoms with Crippen molar-refractivity contribution in [3.63, 3.8) is 0 Å². The molecule has 2 heteroatoms. The van der Waals surface area contributed by atoms with Gasteiger partial charge in [-0.3, -0.25) is 0 Å². The summed E-state index contributed by atoms with van der Waals surface area (Å²) in [5.74, 6) is 0.874. The molecule has 0 heterocycles. The van der Waals surface area contributed by atoms with E-state index in [2.05, 4.69) is 46.8 Å². The summed E-state index contributed by atoms with van der Waals surface area (Å²) in [6.07, 6.45) is 2.64. The van der Waals surface area contributed by atoms with E-state index in [0.29, 0.717) is 0 Å². The molecule has 0 amide bonds. The van der Waals surface area contributed by atoms with Gasteiger partial charge in [0.1, 0.15) is 11.9 Å². The van der Waals surface area contributed by atoms with E-state index in [0.717, 1.165) is 25.0 Å². The van der Waals surface area contributed by atoms with Crippen molar-refractivity contribution in [3.05, 3.63) is 29.8 Å². The van der Waals surface area contributed by atoms with Gasteiger partial charge in [0.2, 0.25) is 0 Å². The Bertz CT molecular complexity index is 457. The second kappa shape index (κ2) is 5.40. The van der Waals surface area contributed by atoms with Crippen LogP contribution in [0, 0.1) is 5.41 Å². The fraction of sp³-hybridized carbons (Fsp3) is 0.667. The molecule has 0 spiro atoms. The molecule has 2 nitrogen and oxygen atoms in total. The largest absolute Gasteiger partial charge is 0.488 e. The molecule has 0 bridgehead atoms. The normalized spacial score (nSPS) is 26.3. The number of aliphatic hydroxyl groups is 1. The summed E-state index contributed by atoms with van der Waals surface area (Å²) in [5.41, 5.74) is 1.33. The fourth-order valence-corrected chi connectivity index (χ4v) is 2.90. The highest BCUT2D eigenvalue weighted by molar-refractivity contribution is 5.32. The molecule has 1 N–H and O–H groups in total. The van der Waals surface area contributed by atoms with Crippen LogP contribution >= 0.6 is 0 Å². The molecule has 1 aromatic rings. The van der Waals surface area contributed by atoms with Crippen molar-refractivity contribution >= 4 is 0 Å². The van der Waals surface area contributed by atoms with Crippen LogP contribution in [-0.2, 0) is 5.41 Å². The number of benzene rings is 1. The first-order valence-electron chi connectivity index (χ1n) is 7.65. The van der Waals surface area contributed by atoms with Crippen LogP contribution in [-0.4, -0.2) is 17.3 Å². The maximum absolute atomic E-state index is 10.5. The van der Waals surface area contributed by atoms with Crippen LogP contribution in [0.25, 0.3) is 0 Å². The Morgan fingerprint density at radius 2 is 1.95 bits per heavy atom. The maximum Gasteiger partial charge on any atom is 0.125 e. The standard InChI is InChI=1S/C18H28O2/c1-17(2,3)13-8-6-9-14(12-13)20-15-10-7-11-18(4,5)16(15)19/h6,8-9,12,15-16,19H,7,10-11H2,1-5H3. The molecule has 0 aliphatic heterocycles. The molecule has 1 aromatic carbocycles. The van der Waals surface area contributed by atoms with Gasteiger partial charge < -0.3 is 9.84 Å². The Kier molecular flexibility index (Phi) is 4.15. The number of ether oxygens (including phenoxy) is 1. The molecule has 2 rings (SSSR count). The molecular formula is C18H28O2. The maximum atomic E-state index is 10.5. The Labute approximate surface area is 123 Å². The van der Waals surface area contributed by atoms with Gasteiger partial charge in [0.05, 0.1) is 6.10 Å². The predicted octanol–water partition coefficient (Wildman–Crippen LogP) is 4.30. The molecule has 112 valence electrons. The summed E-state index contributed by atoms with van der Waals surface area (Å²) in [7, 11) is 0. The summed E-state index contributed by atoms with van der Waals surface area (Å²) >= 11 is 0. The molecule has 1 aliphatic rings. The molecule has 1 saturated carbocycles. The van der Waals surface area contributed by atoms with Gasteiger partial charge in [0.15, 0.2) is 0 Å². The molecule has 20 heavy (non-hydrogen) atoms. The third-order valence-corrected chi connectivity index (χ3v) is 4.45. The van der Waals surface area contributed by atoms with Crippen molar-refractivity contribution in [1.82, 2.24) is 0 Å². The van der Waals surface area contributed by atoms with Gasteiger partial charge in [0, 0.05) is 0 Å². The Morgan fingerprint density at radius 3 is 2.60 bits per heavy atom. The topological polar surface area (TPSA) is 29.5 Å². The van der Waals surface area contributed by atoms with Crippen molar-refractivity contribution in [2.45, 2.75) is 71.5 Å². The van der Waals surface area contributed by atoms with E-state index in [9.17, 15) is 5.11 Å². The van der Waals surface area contributed by atoms with E-state index >= 15 is 0 Å². The Morgan fingerprint density at radius 1 is 1.25 bits per heavy atom. The van der Waals surface area contributed by atoms with Gasteiger partial charge in [0.25, 0.3) is 0 Å². The van der Waals surface area contributed by atoms with Gasteiger partial charge >= 0.3 is 0 Å². The van der Waals surface area contributed by atoms with E-state index in [1.807, 2.05) is 12.1 Å². The van der Waals surface area contributed by atoms with Crippen molar-refractivity contribution < 1.29 is 9.84 Å². The van der Waals surface area contributed by atoms with E-state index in [1.165, 1.54) is 5.56 Å². The van der Waals surface area contributed by atoms with Crippen LogP contribution in [0.1, 0.15) is 59.4 Å². The Balaban J connectivity index is 2.14. The van der Waals surface area contributed by atoms with Crippen molar-refractivity contribution in [1.29, 1.82) is 0 Å². The zero-order chi connectivity index (χ0) is 15.0. The van der Waals surface area contributed by atoms with Crippen molar-refractivity contribution in [2.75, 3.05) is 0 Å². The summed E-state index contributed by atoms with van der Waals surface area (Å²) in [4.78, 5) is 0. The second-order valence-corrected chi connectivity index (χ2v) is 7.76. The molecule has 2 unspecified atom stereocenters. The highest BCUT2D eigenvalue weighted by Gasteiger charge is 2.39. The summed E-state index contributed by atoms with van der Waals surface area (Å²) < 4.78 is 6.09. The lowest BCUT2D eigenvalue weighted by molar-refractivity contribution is -0.0689. The molecule has 2 atom stereocenters. The van der Waals surface area contributed by atoms with Crippen LogP contribution in [0.2, 0.25) is 0 Å². The van der Waals surface area contributed by atoms with Crippen LogP contribution in [0.15, 0.2) is 24.3 Å². The molecule has 1 aliphatic carbocycles. The number of aliphatic hydroxyl groups excluding tert-OH is 1. The third kappa shape index (κ3) is 3.35. The molecular weight excluding hydrogens is 248 g/mol.